The van der Waals surface area contributed by atoms with Crippen LogP contribution in [-0.4, -0.2) is 13.0 Å². The molecule has 3 heteroatoms. The van der Waals surface area contributed by atoms with Crippen molar-refractivity contribution in [3.63, 3.8) is 0 Å². The molecule has 1 aromatic rings. The Morgan fingerprint density at radius 1 is 1.27 bits per heavy atom. The summed E-state index contributed by atoms with van der Waals surface area (Å²) in [5, 5.41) is 0. The number of rotatable bonds is 4. The smallest absolute Gasteiger partial charge is 0.225 e. The molecule has 0 aliphatic carbocycles. The Bertz CT molecular complexity index is 330. The zero-order valence-electron chi connectivity index (χ0n) is 9.36. The average Bonchev–Trinajstić information content (AvgIpc) is 2.18. The Balaban J connectivity index is 2.97. The van der Waals surface area contributed by atoms with Crippen molar-refractivity contribution < 1.29 is 9.53 Å². The molecule has 0 saturated heterocycles. The fraction of sp³-hybridized carbons (Fsp3) is 0.417. The maximum atomic E-state index is 11.3. The van der Waals surface area contributed by atoms with Gasteiger partial charge in [0.1, 0.15) is 5.75 Å². The lowest BCUT2D eigenvalue weighted by Gasteiger charge is -2.17. The Hall–Kier alpha value is -1.51. The van der Waals surface area contributed by atoms with Gasteiger partial charge in [0.15, 0.2) is 0 Å². The molecule has 3 nitrogen and oxygen atoms in total. The van der Waals surface area contributed by atoms with Gasteiger partial charge in [-0.3, -0.25) is 4.79 Å². The molecule has 1 atom stereocenters. The maximum absolute atomic E-state index is 11.3. The van der Waals surface area contributed by atoms with E-state index in [1.165, 1.54) is 0 Å². The van der Waals surface area contributed by atoms with E-state index >= 15 is 0 Å². The molecule has 0 spiro atoms. The van der Waals surface area contributed by atoms with Crippen molar-refractivity contribution >= 4 is 5.91 Å². The molecule has 0 aromatic heterocycles. The number of methoxy groups -OCH3 is 1. The first-order valence-corrected chi connectivity index (χ1v) is 4.99. The van der Waals surface area contributed by atoms with Crippen LogP contribution in [0.3, 0.4) is 0 Å². The van der Waals surface area contributed by atoms with Crippen LogP contribution < -0.4 is 10.5 Å². The Morgan fingerprint density at radius 3 is 2.13 bits per heavy atom. The molecule has 0 saturated carbocycles. The van der Waals surface area contributed by atoms with Crippen LogP contribution in [0.4, 0.5) is 0 Å². The Morgan fingerprint density at radius 2 is 1.80 bits per heavy atom. The molecular weight excluding hydrogens is 190 g/mol. The summed E-state index contributed by atoms with van der Waals surface area (Å²) in [6, 6.07) is 7.45. The predicted molar refractivity (Wildman–Crippen MR) is 59.8 cm³/mol. The first kappa shape index (κ1) is 11.6. The lowest BCUT2D eigenvalue weighted by atomic mass is 9.88. The fourth-order valence-corrected chi connectivity index (χ4v) is 1.69. The fourth-order valence-electron chi connectivity index (χ4n) is 1.69. The highest BCUT2D eigenvalue weighted by molar-refractivity contribution is 5.82. The zero-order chi connectivity index (χ0) is 11.4. The van der Waals surface area contributed by atoms with Gasteiger partial charge in [-0.25, -0.2) is 0 Å². The van der Waals surface area contributed by atoms with E-state index in [2.05, 4.69) is 0 Å². The summed E-state index contributed by atoms with van der Waals surface area (Å²) in [5.74, 6) is 0.479. The maximum Gasteiger partial charge on any atom is 0.225 e. The van der Waals surface area contributed by atoms with Crippen LogP contribution in [0, 0.1) is 5.92 Å². The Labute approximate surface area is 90.2 Å². The van der Waals surface area contributed by atoms with Gasteiger partial charge in [0.2, 0.25) is 5.91 Å². The topological polar surface area (TPSA) is 52.3 Å². The second-order valence-electron chi connectivity index (χ2n) is 3.90. The van der Waals surface area contributed by atoms with Gasteiger partial charge in [-0.05, 0) is 23.6 Å². The minimum absolute atomic E-state index is 0.205. The second kappa shape index (κ2) is 4.82. The van der Waals surface area contributed by atoms with Crippen LogP contribution in [0.2, 0.25) is 0 Å². The first-order valence-electron chi connectivity index (χ1n) is 4.99. The SMILES string of the molecule is COc1ccc([C@H](C(N)=O)C(C)C)cc1. The highest BCUT2D eigenvalue weighted by atomic mass is 16.5. The molecule has 1 rings (SSSR count). The van der Waals surface area contributed by atoms with Crippen molar-refractivity contribution in [2.45, 2.75) is 19.8 Å². The number of amides is 1. The molecule has 2 N–H and O–H groups in total. The van der Waals surface area contributed by atoms with Crippen molar-refractivity contribution in [2.75, 3.05) is 7.11 Å². The summed E-state index contributed by atoms with van der Waals surface area (Å²) in [7, 11) is 1.61. The highest BCUT2D eigenvalue weighted by Crippen LogP contribution is 2.25. The van der Waals surface area contributed by atoms with E-state index in [-0.39, 0.29) is 17.7 Å². The minimum atomic E-state index is -0.282. The van der Waals surface area contributed by atoms with Crippen molar-refractivity contribution in [1.82, 2.24) is 0 Å². The lowest BCUT2D eigenvalue weighted by Crippen LogP contribution is -2.25. The largest absolute Gasteiger partial charge is 0.497 e. The van der Waals surface area contributed by atoms with Crippen molar-refractivity contribution in [2.24, 2.45) is 11.7 Å². The molecule has 82 valence electrons. The Kier molecular flexibility index (Phi) is 3.72. The van der Waals surface area contributed by atoms with Crippen molar-refractivity contribution in [3.8, 4) is 5.75 Å². The first-order chi connectivity index (χ1) is 7.06. The third-order valence-electron chi connectivity index (χ3n) is 2.45. The van der Waals surface area contributed by atoms with Crippen LogP contribution in [0.1, 0.15) is 25.3 Å². The number of carbonyl (C=O) groups excluding carboxylic acids is 1. The predicted octanol–water partition coefficient (Wildman–Crippen LogP) is 1.92. The van der Waals surface area contributed by atoms with Crippen molar-refractivity contribution in [3.05, 3.63) is 29.8 Å². The van der Waals surface area contributed by atoms with E-state index in [0.717, 1.165) is 11.3 Å². The van der Waals surface area contributed by atoms with Gasteiger partial charge in [-0.1, -0.05) is 26.0 Å². The van der Waals surface area contributed by atoms with E-state index in [0.29, 0.717) is 0 Å². The number of primary amides is 1. The third-order valence-corrected chi connectivity index (χ3v) is 2.45. The van der Waals surface area contributed by atoms with E-state index in [1.807, 2.05) is 38.1 Å². The van der Waals surface area contributed by atoms with E-state index < -0.39 is 0 Å². The zero-order valence-corrected chi connectivity index (χ0v) is 9.36. The lowest BCUT2D eigenvalue weighted by molar-refractivity contribution is -0.120. The molecule has 0 heterocycles. The molecule has 1 aromatic carbocycles. The summed E-state index contributed by atoms with van der Waals surface area (Å²) >= 11 is 0. The van der Waals surface area contributed by atoms with Gasteiger partial charge in [-0.2, -0.15) is 0 Å². The number of hydrogen-bond donors (Lipinski definition) is 1. The number of ether oxygens (including phenoxy) is 1. The number of nitrogens with two attached hydrogens (primary N) is 1. The van der Waals surface area contributed by atoms with Crippen molar-refractivity contribution in [1.29, 1.82) is 0 Å². The number of carbonyl (C=O) groups is 1. The molecule has 1 amide bonds. The van der Waals surface area contributed by atoms with Crippen LogP contribution in [-0.2, 0) is 4.79 Å². The highest BCUT2D eigenvalue weighted by Gasteiger charge is 2.21. The molecule has 0 aliphatic rings. The normalized spacial score (nSPS) is 12.5. The summed E-state index contributed by atoms with van der Waals surface area (Å²) in [6.45, 7) is 3.97. The monoisotopic (exact) mass is 207 g/mol. The summed E-state index contributed by atoms with van der Waals surface area (Å²) in [5.41, 5.74) is 6.31. The molecule has 0 radical (unpaired) electrons. The molecule has 15 heavy (non-hydrogen) atoms. The molecule has 0 bridgehead atoms. The van der Waals surface area contributed by atoms with Crippen LogP contribution >= 0.6 is 0 Å². The van der Waals surface area contributed by atoms with Gasteiger partial charge in [0.05, 0.1) is 13.0 Å². The number of benzene rings is 1. The minimum Gasteiger partial charge on any atom is -0.497 e. The summed E-state index contributed by atoms with van der Waals surface area (Å²) in [6.07, 6.45) is 0. The van der Waals surface area contributed by atoms with Crippen LogP contribution in [0.25, 0.3) is 0 Å². The summed E-state index contributed by atoms with van der Waals surface area (Å²) < 4.78 is 5.05. The molecule has 0 aliphatic heterocycles. The second-order valence-corrected chi connectivity index (χ2v) is 3.90. The standard InChI is InChI=1S/C12H17NO2/c1-8(2)11(12(13)14)9-4-6-10(15-3)7-5-9/h4-8,11H,1-3H3,(H2,13,14)/t11-/m1/s1. The van der Waals surface area contributed by atoms with Gasteiger partial charge < -0.3 is 10.5 Å². The summed E-state index contributed by atoms with van der Waals surface area (Å²) in [4.78, 5) is 11.3. The van der Waals surface area contributed by atoms with Gasteiger partial charge in [0.25, 0.3) is 0 Å². The van der Waals surface area contributed by atoms with Crippen LogP contribution in [0.15, 0.2) is 24.3 Å². The van der Waals surface area contributed by atoms with E-state index in [4.69, 9.17) is 10.5 Å². The van der Waals surface area contributed by atoms with Gasteiger partial charge in [0, 0.05) is 0 Å². The average molecular weight is 207 g/mol. The van der Waals surface area contributed by atoms with E-state index in [9.17, 15) is 4.79 Å². The van der Waals surface area contributed by atoms with Gasteiger partial charge in [-0.15, -0.1) is 0 Å². The molecular formula is C12H17NO2. The third kappa shape index (κ3) is 2.72. The van der Waals surface area contributed by atoms with Gasteiger partial charge >= 0.3 is 0 Å². The van der Waals surface area contributed by atoms with E-state index in [1.54, 1.807) is 7.11 Å². The molecule has 0 unspecified atom stereocenters. The van der Waals surface area contributed by atoms with Crippen LogP contribution in [0.5, 0.6) is 5.75 Å². The number of hydrogen-bond acceptors (Lipinski definition) is 2. The quantitative estimate of drug-likeness (QED) is 0.820. The molecule has 0 fully saturated rings.